The monoisotopic (exact) mass is 548 g/mol. The Kier molecular flexibility index (Phi) is 9.28. The van der Waals surface area contributed by atoms with Gasteiger partial charge in [0.25, 0.3) is 11.5 Å². The lowest BCUT2D eigenvalue weighted by Crippen LogP contribution is -2.33. The molecule has 0 unspecified atom stereocenters. The minimum atomic E-state index is -0.703. The van der Waals surface area contributed by atoms with Crippen molar-refractivity contribution in [1.82, 2.24) is 14.0 Å². The first kappa shape index (κ1) is 28.5. The van der Waals surface area contributed by atoms with Gasteiger partial charge in [0.1, 0.15) is 16.9 Å². The lowest BCUT2D eigenvalue weighted by atomic mass is 10.2. The molecule has 0 aliphatic carbocycles. The van der Waals surface area contributed by atoms with Gasteiger partial charge < -0.3 is 23.5 Å². The summed E-state index contributed by atoms with van der Waals surface area (Å²) in [4.78, 5) is 48.9. The third-order valence-corrected chi connectivity index (χ3v) is 6.11. The molecule has 1 fully saturated rings. The smallest absolute Gasteiger partial charge is 0.341 e. The van der Waals surface area contributed by atoms with Crippen LogP contribution in [-0.4, -0.2) is 52.4 Å². The molecule has 11 heteroatoms. The highest BCUT2D eigenvalue weighted by Crippen LogP contribution is 2.21. The SMILES string of the molecule is C=C/C=C1\OCO\C1=C/CC(=O)N=c1c(C(=O)OCC)cc2c(=O)n3cccc(C)c3nc2n1CCCOCC. The van der Waals surface area contributed by atoms with E-state index in [4.69, 9.17) is 23.9 Å². The molecule has 0 radical (unpaired) electrons. The largest absolute Gasteiger partial charge is 0.462 e. The van der Waals surface area contributed by atoms with Crippen molar-refractivity contribution in [3.8, 4) is 0 Å². The van der Waals surface area contributed by atoms with Gasteiger partial charge in [-0.05, 0) is 57.0 Å². The maximum atomic E-state index is 13.6. The van der Waals surface area contributed by atoms with E-state index in [2.05, 4.69) is 11.6 Å². The number of aryl methyl sites for hydroxylation is 2. The van der Waals surface area contributed by atoms with E-state index < -0.39 is 11.9 Å². The second-order valence-electron chi connectivity index (χ2n) is 8.79. The molecule has 0 saturated carbocycles. The van der Waals surface area contributed by atoms with Crippen LogP contribution >= 0.6 is 0 Å². The van der Waals surface area contributed by atoms with Gasteiger partial charge in [-0.2, -0.15) is 4.99 Å². The Bertz CT molecular complexity index is 1650. The van der Waals surface area contributed by atoms with Crippen molar-refractivity contribution in [3.63, 3.8) is 0 Å². The Hall–Kier alpha value is -4.51. The number of nitrogens with zero attached hydrogens (tertiary/aromatic N) is 4. The zero-order valence-corrected chi connectivity index (χ0v) is 22.8. The molecule has 210 valence electrons. The quantitative estimate of drug-likeness (QED) is 0.215. The Morgan fingerprint density at radius 1 is 1.20 bits per heavy atom. The van der Waals surface area contributed by atoms with Gasteiger partial charge in [0.05, 0.1) is 18.4 Å². The highest BCUT2D eigenvalue weighted by molar-refractivity contribution is 5.94. The highest BCUT2D eigenvalue weighted by atomic mass is 16.7. The second-order valence-corrected chi connectivity index (χ2v) is 8.79. The normalized spacial score (nSPS) is 15.5. The molecule has 1 amide bonds. The molecule has 3 aromatic rings. The molecular weight excluding hydrogens is 516 g/mol. The minimum Gasteiger partial charge on any atom is -0.462 e. The van der Waals surface area contributed by atoms with Crippen molar-refractivity contribution in [1.29, 1.82) is 0 Å². The summed E-state index contributed by atoms with van der Waals surface area (Å²) in [6, 6.07) is 5.01. The third-order valence-electron chi connectivity index (χ3n) is 6.11. The van der Waals surface area contributed by atoms with Crippen LogP contribution in [0.5, 0.6) is 0 Å². The third kappa shape index (κ3) is 6.04. The maximum absolute atomic E-state index is 13.6. The number of carbonyl (C=O) groups excluding carboxylic acids is 2. The number of hydrogen-bond acceptors (Lipinski definition) is 8. The van der Waals surface area contributed by atoms with Gasteiger partial charge in [-0.3, -0.25) is 14.0 Å². The zero-order valence-electron chi connectivity index (χ0n) is 22.8. The Balaban J connectivity index is 1.94. The molecule has 1 saturated heterocycles. The van der Waals surface area contributed by atoms with Gasteiger partial charge in [0, 0.05) is 26.0 Å². The number of amides is 1. The topological polar surface area (TPSA) is 123 Å². The van der Waals surface area contributed by atoms with Crippen LogP contribution in [-0.2, 0) is 30.3 Å². The van der Waals surface area contributed by atoms with Gasteiger partial charge in [-0.1, -0.05) is 18.7 Å². The molecule has 11 nitrogen and oxygen atoms in total. The number of carbonyl (C=O) groups is 2. The number of esters is 1. The van der Waals surface area contributed by atoms with E-state index in [9.17, 15) is 14.4 Å². The number of hydrogen-bond donors (Lipinski definition) is 0. The van der Waals surface area contributed by atoms with Crippen molar-refractivity contribution < 1.29 is 28.5 Å². The Morgan fingerprint density at radius 3 is 2.75 bits per heavy atom. The summed E-state index contributed by atoms with van der Waals surface area (Å²) >= 11 is 0. The zero-order chi connectivity index (χ0) is 28.6. The number of ether oxygens (including phenoxy) is 4. The summed E-state index contributed by atoms with van der Waals surface area (Å²) in [6.45, 7) is 10.4. The average molecular weight is 549 g/mol. The molecule has 0 aromatic carbocycles. The van der Waals surface area contributed by atoms with Crippen molar-refractivity contribution in [3.05, 3.63) is 87.7 Å². The number of fused-ring (bicyclic) bond motifs is 2. The summed E-state index contributed by atoms with van der Waals surface area (Å²) in [5, 5.41) is 0.201. The lowest BCUT2D eigenvalue weighted by Gasteiger charge is -2.15. The van der Waals surface area contributed by atoms with Crippen LogP contribution in [0.3, 0.4) is 0 Å². The molecule has 3 aromatic heterocycles. The van der Waals surface area contributed by atoms with Crippen LogP contribution in [0.4, 0.5) is 0 Å². The van der Waals surface area contributed by atoms with Crippen molar-refractivity contribution in [2.75, 3.05) is 26.6 Å². The molecule has 1 aliphatic heterocycles. The first-order valence-corrected chi connectivity index (χ1v) is 13.1. The summed E-state index contributed by atoms with van der Waals surface area (Å²) < 4.78 is 24.6. The van der Waals surface area contributed by atoms with Crippen LogP contribution in [0, 0.1) is 6.92 Å². The summed E-state index contributed by atoms with van der Waals surface area (Å²) in [5.74, 6) is -0.393. The van der Waals surface area contributed by atoms with Crippen LogP contribution in [0.2, 0.25) is 0 Å². The maximum Gasteiger partial charge on any atom is 0.341 e. The Labute approximate surface area is 230 Å². The second kappa shape index (κ2) is 13.0. The molecule has 4 heterocycles. The Morgan fingerprint density at radius 2 is 2.00 bits per heavy atom. The number of aromatic nitrogens is 3. The molecule has 0 atom stereocenters. The van der Waals surface area contributed by atoms with E-state index in [0.29, 0.717) is 42.4 Å². The lowest BCUT2D eigenvalue weighted by molar-refractivity contribution is -0.117. The number of rotatable bonds is 10. The fourth-order valence-electron chi connectivity index (χ4n) is 4.29. The summed E-state index contributed by atoms with van der Waals surface area (Å²) in [6.07, 6.45) is 6.76. The minimum absolute atomic E-state index is 0.00837. The van der Waals surface area contributed by atoms with Crippen molar-refractivity contribution in [2.24, 2.45) is 4.99 Å². The standard InChI is InChI=1S/C29H32N4O7/c1-5-10-22-23(40-18-39-22)12-13-24(34)30-27-21(29(36)38-7-3)17-20-26(32(27)15-9-16-37-6-2)31-25-19(4)11-8-14-33(25)28(20)35/h5,8,10-12,14,17H,1,6-7,9,13,15-16,18H2,2-4H3/b22-10-,23-12-,30-27?. The highest BCUT2D eigenvalue weighted by Gasteiger charge is 2.21. The molecule has 0 bridgehead atoms. The molecule has 0 N–H and O–H groups in total. The van der Waals surface area contributed by atoms with Crippen molar-refractivity contribution >= 4 is 28.6 Å². The molecular formula is C29H32N4O7. The van der Waals surface area contributed by atoms with Crippen LogP contribution < -0.4 is 11.0 Å². The van der Waals surface area contributed by atoms with Gasteiger partial charge in [-0.25, -0.2) is 9.78 Å². The van der Waals surface area contributed by atoms with Crippen LogP contribution in [0.1, 0.15) is 42.6 Å². The van der Waals surface area contributed by atoms with E-state index in [1.165, 1.54) is 10.5 Å². The number of pyridine rings is 2. The van der Waals surface area contributed by atoms with Gasteiger partial charge in [-0.15, -0.1) is 0 Å². The van der Waals surface area contributed by atoms with E-state index in [1.54, 1.807) is 42.0 Å². The number of allylic oxidation sites excluding steroid dienone is 2. The summed E-state index contributed by atoms with van der Waals surface area (Å²) in [5.41, 5.74) is 1.25. The van der Waals surface area contributed by atoms with Gasteiger partial charge in [0.2, 0.25) is 6.79 Å². The first-order chi connectivity index (χ1) is 19.4. The van der Waals surface area contributed by atoms with E-state index in [0.717, 1.165) is 5.56 Å². The molecule has 1 aliphatic rings. The fraction of sp³-hybridized carbons (Fsp3) is 0.345. The van der Waals surface area contributed by atoms with Crippen LogP contribution in [0.25, 0.3) is 16.7 Å². The fourth-order valence-corrected chi connectivity index (χ4v) is 4.29. The van der Waals surface area contributed by atoms with E-state index in [1.807, 2.05) is 19.9 Å². The van der Waals surface area contributed by atoms with Crippen LogP contribution in [0.15, 0.2) is 70.5 Å². The average Bonchev–Trinajstić information content (AvgIpc) is 3.38. The molecule has 0 spiro atoms. The van der Waals surface area contributed by atoms with Gasteiger partial charge >= 0.3 is 5.97 Å². The van der Waals surface area contributed by atoms with Gasteiger partial charge in [0.15, 0.2) is 17.0 Å². The first-order valence-electron chi connectivity index (χ1n) is 13.1. The molecule has 40 heavy (non-hydrogen) atoms. The van der Waals surface area contributed by atoms with E-state index >= 15 is 0 Å². The van der Waals surface area contributed by atoms with Crippen molar-refractivity contribution in [2.45, 2.75) is 40.2 Å². The predicted octanol–water partition coefficient (Wildman–Crippen LogP) is 3.34. The summed E-state index contributed by atoms with van der Waals surface area (Å²) in [7, 11) is 0. The van der Waals surface area contributed by atoms with E-state index in [-0.39, 0.29) is 48.4 Å². The molecule has 4 rings (SSSR count). The predicted molar refractivity (Wildman–Crippen MR) is 147 cm³/mol.